The van der Waals surface area contributed by atoms with E-state index in [0.717, 1.165) is 10.9 Å². The molecule has 5 heteroatoms. The Labute approximate surface area is 137 Å². The number of fused-ring (bicyclic) bond motifs is 2. The third-order valence-corrected chi connectivity index (χ3v) is 4.18. The maximum Gasteiger partial charge on any atom is 0.235 e. The fourth-order valence-corrected chi connectivity index (χ4v) is 2.94. The molecular formula is C19H14N2O3. The molecule has 4 rings (SSSR count). The average molecular weight is 318 g/mol. The highest BCUT2D eigenvalue weighted by Crippen LogP contribution is 2.38. The molecule has 0 bridgehead atoms. The van der Waals surface area contributed by atoms with Gasteiger partial charge in [-0.3, -0.25) is 4.79 Å². The van der Waals surface area contributed by atoms with Gasteiger partial charge in [0.1, 0.15) is 0 Å². The van der Waals surface area contributed by atoms with Gasteiger partial charge in [-0.25, -0.2) is 4.98 Å². The zero-order valence-electron chi connectivity index (χ0n) is 12.9. The Bertz CT molecular complexity index is 1110. The van der Waals surface area contributed by atoms with Crippen LogP contribution in [0.5, 0.6) is 5.88 Å². The lowest BCUT2D eigenvalue weighted by molar-refractivity contribution is 0.101. The molecule has 0 saturated heterocycles. The first kappa shape index (κ1) is 14.3. The summed E-state index contributed by atoms with van der Waals surface area (Å²) in [5, 5.41) is 22.2. The van der Waals surface area contributed by atoms with Gasteiger partial charge in [-0.1, -0.05) is 36.4 Å². The van der Waals surface area contributed by atoms with Gasteiger partial charge in [0.25, 0.3) is 0 Å². The van der Waals surface area contributed by atoms with Gasteiger partial charge in [0.15, 0.2) is 5.78 Å². The Balaban J connectivity index is 2.01. The highest BCUT2D eigenvalue weighted by molar-refractivity contribution is 6.04. The number of ketones is 1. The molecule has 5 nitrogen and oxygen atoms in total. The van der Waals surface area contributed by atoms with Crippen LogP contribution < -0.4 is 0 Å². The molecule has 2 aromatic heterocycles. The number of pyridine rings is 1. The molecule has 2 heterocycles. The van der Waals surface area contributed by atoms with Crippen LogP contribution >= 0.6 is 0 Å². The molecule has 0 aliphatic heterocycles. The summed E-state index contributed by atoms with van der Waals surface area (Å²) in [4.78, 5) is 16.1. The SMILES string of the molecule is CC(=O)c1ccc2c(-c3ccc4ccccc4n3)c(O)n(O)c2c1. The molecule has 24 heavy (non-hydrogen) atoms. The summed E-state index contributed by atoms with van der Waals surface area (Å²) in [6.07, 6.45) is 0. The van der Waals surface area contributed by atoms with Crippen molar-refractivity contribution in [2.45, 2.75) is 6.92 Å². The minimum absolute atomic E-state index is 0.108. The number of hydrogen-bond acceptors (Lipinski definition) is 4. The minimum atomic E-state index is -0.298. The van der Waals surface area contributed by atoms with Crippen molar-refractivity contribution in [3.05, 3.63) is 60.2 Å². The Morgan fingerprint density at radius 2 is 1.88 bits per heavy atom. The smallest absolute Gasteiger partial charge is 0.235 e. The molecule has 0 unspecified atom stereocenters. The Hall–Kier alpha value is -3.34. The van der Waals surface area contributed by atoms with E-state index in [0.29, 0.717) is 32.5 Å². The number of nitrogens with zero attached hydrogens (tertiary/aromatic N) is 2. The highest BCUT2D eigenvalue weighted by Gasteiger charge is 2.20. The number of carbonyl (C=O) groups excluding carboxylic acids is 1. The Morgan fingerprint density at radius 1 is 1.08 bits per heavy atom. The van der Waals surface area contributed by atoms with E-state index >= 15 is 0 Å². The van der Waals surface area contributed by atoms with Crippen LogP contribution in [0.2, 0.25) is 0 Å². The highest BCUT2D eigenvalue weighted by atomic mass is 16.5. The molecule has 0 aliphatic carbocycles. The van der Waals surface area contributed by atoms with Crippen LogP contribution in [-0.4, -0.2) is 25.8 Å². The van der Waals surface area contributed by atoms with E-state index in [9.17, 15) is 15.1 Å². The second kappa shape index (κ2) is 5.09. The van der Waals surface area contributed by atoms with Crippen molar-refractivity contribution >= 4 is 27.6 Å². The van der Waals surface area contributed by atoms with Crippen molar-refractivity contribution in [2.24, 2.45) is 0 Å². The minimum Gasteiger partial charge on any atom is -0.492 e. The zero-order chi connectivity index (χ0) is 16.8. The number of Topliss-reactive ketones (excluding diaryl/α,β-unsaturated/α-hetero) is 1. The van der Waals surface area contributed by atoms with Gasteiger partial charge in [0.05, 0.1) is 22.3 Å². The summed E-state index contributed by atoms with van der Waals surface area (Å²) in [6, 6.07) is 16.3. The number of aromatic hydroxyl groups is 1. The maximum absolute atomic E-state index is 11.5. The van der Waals surface area contributed by atoms with Crippen LogP contribution in [0.25, 0.3) is 33.1 Å². The predicted octanol–water partition coefficient (Wildman–Crippen LogP) is 4.00. The van der Waals surface area contributed by atoms with Crippen LogP contribution in [0, 0.1) is 0 Å². The fourth-order valence-electron chi connectivity index (χ4n) is 2.94. The van der Waals surface area contributed by atoms with E-state index in [1.165, 1.54) is 6.92 Å². The molecule has 2 N–H and O–H groups in total. The van der Waals surface area contributed by atoms with Crippen LogP contribution in [0.4, 0.5) is 0 Å². The molecule has 0 fully saturated rings. The number of benzene rings is 2. The average Bonchev–Trinajstić information content (AvgIpc) is 2.85. The lowest BCUT2D eigenvalue weighted by Crippen LogP contribution is -1.93. The maximum atomic E-state index is 11.5. The van der Waals surface area contributed by atoms with Gasteiger partial charge in [-0.2, -0.15) is 4.73 Å². The van der Waals surface area contributed by atoms with Crippen LogP contribution in [0.15, 0.2) is 54.6 Å². The summed E-state index contributed by atoms with van der Waals surface area (Å²) < 4.78 is 0.688. The van der Waals surface area contributed by atoms with Gasteiger partial charge in [-0.05, 0) is 25.1 Å². The molecule has 0 atom stereocenters. The molecule has 2 aromatic carbocycles. The van der Waals surface area contributed by atoms with Gasteiger partial charge < -0.3 is 10.3 Å². The van der Waals surface area contributed by atoms with E-state index in [1.807, 2.05) is 30.3 Å². The van der Waals surface area contributed by atoms with Gasteiger partial charge in [0, 0.05) is 16.3 Å². The monoisotopic (exact) mass is 318 g/mol. The summed E-state index contributed by atoms with van der Waals surface area (Å²) in [6.45, 7) is 1.46. The number of rotatable bonds is 2. The first-order valence-corrected chi connectivity index (χ1v) is 7.50. The number of para-hydroxylation sites is 1. The molecular weight excluding hydrogens is 304 g/mol. The van der Waals surface area contributed by atoms with Crippen LogP contribution in [0.1, 0.15) is 17.3 Å². The topological polar surface area (TPSA) is 75.3 Å². The van der Waals surface area contributed by atoms with Crippen molar-refractivity contribution in [1.82, 2.24) is 9.71 Å². The summed E-state index contributed by atoms with van der Waals surface area (Å²) in [7, 11) is 0. The Kier molecular flexibility index (Phi) is 3.03. The second-order valence-corrected chi connectivity index (χ2v) is 5.69. The lowest BCUT2D eigenvalue weighted by atomic mass is 10.0. The van der Waals surface area contributed by atoms with E-state index < -0.39 is 0 Å². The predicted molar refractivity (Wildman–Crippen MR) is 91.5 cm³/mol. The van der Waals surface area contributed by atoms with E-state index in [-0.39, 0.29) is 11.7 Å². The van der Waals surface area contributed by atoms with E-state index in [2.05, 4.69) is 4.98 Å². The first-order chi connectivity index (χ1) is 11.6. The summed E-state index contributed by atoms with van der Waals surface area (Å²) >= 11 is 0. The number of carbonyl (C=O) groups is 1. The van der Waals surface area contributed by atoms with Gasteiger partial charge in [0.2, 0.25) is 5.88 Å². The molecule has 4 aromatic rings. The summed E-state index contributed by atoms with van der Waals surface area (Å²) in [5.74, 6) is -0.406. The summed E-state index contributed by atoms with van der Waals surface area (Å²) in [5.41, 5.74) is 2.63. The van der Waals surface area contributed by atoms with Crippen LogP contribution in [0.3, 0.4) is 0 Å². The van der Waals surface area contributed by atoms with Crippen molar-refractivity contribution in [2.75, 3.05) is 0 Å². The normalized spacial score (nSPS) is 11.2. The standard InChI is InChI=1S/C19H14N2O3/c1-11(22)13-6-8-14-17(10-13)21(24)19(23)18(14)16-9-7-12-4-2-3-5-15(12)20-16/h2-10,23-24H,1H3. The van der Waals surface area contributed by atoms with Crippen molar-refractivity contribution in [3.63, 3.8) is 0 Å². The number of aromatic nitrogens is 2. The largest absolute Gasteiger partial charge is 0.492 e. The Morgan fingerprint density at radius 3 is 2.67 bits per heavy atom. The van der Waals surface area contributed by atoms with Crippen molar-refractivity contribution < 1.29 is 15.1 Å². The molecule has 0 amide bonds. The van der Waals surface area contributed by atoms with Crippen LogP contribution in [-0.2, 0) is 0 Å². The molecule has 0 saturated carbocycles. The molecule has 0 spiro atoms. The molecule has 0 radical (unpaired) electrons. The van der Waals surface area contributed by atoms with Crippen molar-refractivity contribution in [3.8, 4) is 17.1 Å². The first-order valence-electron chi connectivity index (χ1n) is 7.50. The number of hydrogen-bond donors (Lipinski definition) is 2. The van der Waals surface area contributed by atoms with Crippen molar-refractivity contribution in [1.29, 1.82) is 0 Å². The fraction of sp³-hybridized carbons (Fsp3) is 0.0526. The molecule has 118 valence electrons. The third kappa shape index (κ3) is 2.02. The van der Waals surface area contributed by atoms with Gasteiger partial charge >= 0.3 is 0 Å². The van der Waals surface area contributed by atoms with E-state index in [4.69, 9.17) is 0 Å². The second-order valence-electron chi connectivity index (χ2n) is 5.69. The van der Waals surface area contributed by atoms with Gasteiger partial charge in [-0.15, -0.1) is 0 Å². The quantitative estimate of drug-likeness (QED) is 0.433. The third-order valence-electron chi connectivity index (χ3n) is 4.18. The molecule has 0 aliphatic rings. The van der Waals surface area contributed by atoms with E-state index in [1.54, 1.807) is 24.3 Å². The lowest BCUT2D eigenvalue weighted by Gasteiger charge is -2.03. The zero-order valence-corrected chi connectivity index (χ0v) is 12.9.